The van der Waals surface area contributed by atoms with Gasteiger partial charge < -0.3 is 19.7 Å². The molecule has 0 spiro atoms. The largest absolute Gasteiger partial charge is 1.00 e. The van der Waals surface area contributed by atoms with E-state index in [1.54, 1.807) is 0 Å². The zero-order valence-corrected chi connectivity index (χ0v) is 18.9. The van der Waals surface area contributed by atoms with Gasteiger partial charge in [0.25, 0.3) is 0 Å². The zero-order chi connectivity index (χ0) is 17.6. The molecule has 2 atom stereocenters. The first kappa shape index (κ1) is 21.4. The number of hydrogen-bond donors (Lipinski definition) is 1. The van der Waals surface area contributed by atoms with Crippen molar-refractivity contribution in [2.75, 3.05) is 12.9 Å². The molecule has 0 aromatic carbocycles. The van der Waals surface area contributed by atoms with Crippen molar-refractivity contribution in [2.24, 2.45) is 5.92 Å². The second-order valence-electron chi connectivity index (χ2n) is 5.21. The summed E-state index contributed by atoms with van der Waals surface area (Å²) in [6, 6.07) is 1.42. The van der Waals surface area contributed by atoms with Crippen LogP contribution in [0.1, 0.15) is 6.42 Å². The molecule has 25 heavy (non-hydrogen) atoms. The Kier molecular flexibility index (Phi) is 6.83. The van der Waals surface area contributed by atoms with Crippen LogP contribution in [0, 0.1) is 5.92 Å². The van der Waals surface area contributed by atoms with E-state index in [-0.39, 0.29) is 79.5 Å². The standard InChI is InChI=1S/C13H13NO7S3.K/c1-24(19,20)13-7(3-5-22-13)21-12-8(11(17)18)14-9(16)6(2-4-15)10(14)23-12;/h3,5-6,10,15H,2,4H2,1H3,(H,17,18);/q;+1/p-1/t6-,10+;/m0./s1. The van der Waals surface area contributed by atoms with Gasteiger partial charge in [0, 0.05) is 12.9 Å². The maximum atomic E-state index is 12.0. The number of rotatable bonds is 6. The minimum atomic E-state index is -3.53. The van der Waals surface area contributed by atoms with E-state index < -0.39 is 38.7 Å². The van der Waals surface area contributed by atoms with Crippen LogP contribution < -0.4 is 61.2 Å². The van der Waals surface area contributed by atoms with Crippen LogP contribution >= 0.6 is 23.1 Å². The van der Waals surface area contributed by atoms with E-state index in [0.29, 0.717) is 0 Å². The third-order valence-corrected chi connectivity index (χ3v) is 7.61. The zero-order valence-electron chi connectivity index (χ0n) is 13.3. The number of aliphatic carboxylic acids is 1. The first-order valence-electron chi connectivity index (χ1n) is 6.77. The monoisotopic (exact) mass is 429 g/mol. The third-order valence-electron chi connectivity index (χ3n) is 3.58. The minimum absolute atomic E-state index is 0. The number of fused-ring (bicyclic) bond motifs is 1. The number of carbonyl (C=O) groups excluding carboxylic acids is 2. The first-order chi connectivity index (χ1) is 11.3. The normalized spacial score (nSPS) is 22.3. The smallest absolute Gasteiger partial charge is 0.543 e. The van der Waals surface area contributed by atoms with Crippen LogP contribution in [0.15, 0.2) is 26.4 Å². The van der Waals surface area contributed by atoms with Gasteiger partial charge in [0.15, 0.2) is 24.9 Å². The third kappa shape index (κ3) is 3.87. The van der Waals surface area contributed by atoms with Gasteiger partial charge >= 0.3 is 51.4 Å². The minimum Gasteiger partial charge on any atom is -0.543 e. The maximum absolute atomic E-state index is 12.0. The van der Waals surface area contributed by atoms with E-state index in [1.165, 1.54) is 11.4 Å². The molecule has 2 aliphatic rings. The molecule has 1 N–H and O–H groups in total. The molecule has 1 amide bonds. The molecule has 3 heterocycles. The molecular weight excluding hydrogens is 417 g/mol. The van der Waals surface area contributed by atoms with E-state index in [1.807, 2.05) is 0 Å². The summed E-state index contributed by atoms with van der Waals surface area (Å²) in [5.74, 6) is -2.50. The van der Waals surface area contributed by atoms with Crippen LogP contribution in [0.25, 0.3) is 0 Å². The Hall–Kier alpha value is 0.0764. The fourth-order valence-electron chi connectivity index (χ4n) is 2.55. The van der Waals surface area contributed by atoms with Crippen molar-refractivity contribution in [3.05, 3.63) is 22.2 Å². The molecule has 0 aliphatic carbocycles. The molecule has 0 unspecified atom stereocenters. The van der Waals surface area contributed by atoms with E-state index >= 15 is 0 Å². The van der Waals surface area contributed by atoms with Gasteiger partial charge in [0.1, 0.15) is 11.1 Å². The molecule has 1 aromatic heterocycles. The maximum Gasteiger partial charge on any atom is 1.00 e. The number of carboxylic acid groups (broad SMARTS) is 1. The molecule has 12 heteroatoms. The molecule has 0 bridgehead atoms. The van der Waals surface area contributed by atoms with Gasteiger partial charge in [-0.05, 0) is 17.9 Å². The fourth-order valence-corrected chi connectivity index (χ4v) is 5.81. The molecule has 3 rings (SSSR count). The molecule has 8 nitrogen and oxygen atoms in total. The van der Waals surface area contributed by atoms with E-state index in [4.69, 9.17) is 9.84 Å². The second-order valence-corrected chi connectivity index (χ2v) is 9.42. The second kappa shape index (κ2) is 7.98. The van der Waals surface area contributed by atoms with Crippen LogP contribution in [0.5, 0.6) is 5.75 Å². The van der Waals surface area contributed by atoms with Gasteiger partial charge in [-0.15, -0.1) is 11.3 Å². The van der Waals surface area contributed by atoms with Gasteiger partial charge in [0.2, 0.25) is 5.91 Å². The van der Waals surface area contributed by atoms with Crippen molar-refractivity contribution in [2.45, 2.75) is 16.0 Å². The quantitative estimate of drug-likeness (QED) is 0.363. The van der Waals surface area contributed by atoms with E-state index in [2.05, 4.69) is 0 Å². The Bertz CT molecular complexity index is 848. The van der Waals surface area contributed by atoms with E-state index in [9.17, 15) is 23.1 Å². The summed E-state index contributed by atoms with van der Waals surface area (Å²) in [5.41, 5.74) is -0.408. The first-order valence-corrected chi connectivity index (χ1v) is 10.4. The number of aliphatic hydroxyl groups is 1. The van der Waals surface area contributed by atoms with Gasteiger partial charge in [-0.2, -0.15) is 0 Å². The Balaban J connectivity index is 0.00000225. The summed E-state index contributed by atoms with van der Waals surface area (Å²) in [6.07, 6.45) is 1.24. The number of carbonyl (C=O) groups is 2. The van der Waals surface area contributed by atoms with Gasteiger partial charge in [-0.25, -0.2) is 8.42 Å². The van der Waals surface area contributed by atoms with Crippen molar-refractivity contribution < 1.29 is 84.3 Å². The summed E-state index contributed by atoms with van der Waals surface area (Å²) in [7, 11) is -3.53. The number of thioether (sulfide) groups is 1. The summed E-state index contributed by atoms with van der Waals surface area (Å²) in [4.78, 5) is 24.5. The number of sulfone groups is 1. The number of hydrogen-bond acceptors (Lipinski definition) is 9. The van der Waals surface area contributed by atoms with Crippen LogP contribution in [0.4, 0.5) is 0 Å². The molecule has 0 radical (unpaired) electrons. The average Bonchev–Trinajstić information content (AvgIpc) is 3.07. The summed E-state index contributed by atoms with van der Waals surface area (Å²) in [5, 5.41) is 21.3. The number of β-lactam (4-membered cyclic amide) rings is 1. The molecular formula is C13H12KNO7S3. The predicted molar refractivity (Wildman–Crippen MR) is 83.5 cm³/mol. The van der Waals surface area contributed by atoms with Crippen molar-refractivity contribution in [1.29, 1.82) is 0 Å². The fraction of sp³-hybridized carbons (Fsp3) is 0.385. The topological polar surface area (TPSA) is 124 Å². The van der Waals surface area contributed by atoms with Gasteiger partial charge in [-0.1, -0.05) is 11.8 Å². The number of nitrogens with zero attached hydrogens (tertiary/aromatic N) is 1. The van der Waals surface area contributed by atoms with Crippen LogP contribution in [-0.2, 0) is 19.4 Å². The molecule has 1 aromatic rings. The van der Waals surface area contributed by atoms with Crippen molar-refractivity contribution >= 4 is 44.8 Å². The average molecular weight is 430 g/mol. The molecule has 1 fully saturated rings. The Morgan fingerprint density at radius 2 is 2.16 bits per heavy atom. The van der Waals surface area contributed by atoms with Crippen molar-refractivity contribution in [3.63, 3.8) is 0 Å². The van der Waals surface area contributed by atoms with Crippen molar-refractivity contribution in [3.8, 4) is 5.75 Å². The van der Waals surface area contributed by atoms with E-state index in [0.717, 1.165) is 34.3 Å². The van der Waals surface area contributed by atoms with Crippen LogP contribution in [0.3, 0.4) is 0 Å². The SMILES string of the molecule is CS(=O)(=O)c1sccc1OC1=C(C(=O)[O-])N2C(=O)[C@H](CCO)[C@H]2S1.[K+]. The molecule has 2 aliphatic heterocycles. The molecule has 1 saturated heterocycles. The number of aliphatic hydroxyl groups excluding tert-OH is 1. The number of carboxylic acids is 1. The van der Waals surface area contributed by atoms with Crippen LogP contribution in [-0.4, -0.2) is 48.5 Å². The molecule has 0 saturated carbocycles. The van der Waals surface area contributed by atoms with Crippen LogP contribution in [0.2, 0.25) is 0 Å². The Morgan fingerprint density at radius 1 is 1.48 bits per heavy atom. The van der Waals surface area contributed by atoms with Gasteiger partial charge in [0.05, 0.1) is 11.9 Å². The Morgan fingerprint density at radius 3 is 2.72 bits per heavy atom. The summed E-state index contributed by atoms with van der Waals surface area (Å²) < 4.78 is 28.9. The summed E-state index contributed by atoms with van der Waals surface area (Å²) in [6.45, 7) is -0.194. The van der Waals surface area contributed by atoms with Gasteiger partial charge in [-0.3, -0.25) is 9.69 Å². The number of thiophene rings is 1. The molecule has 130 valence electrons. The predicted octanol–water partition coefficient (Wildman–Crippen LogP) is -3.63. The number of ether oxygens (including phenoxy) is 1. The number of amides is 1. The van der Waals surface area contributed by atoms with Crippen molar-refractivity contribution in [1.82, 2.24) is 4.90 Å². The summed E-state index contributed by atoms with van der Waals surface area (Å²) >= 11 is 1.96. The Labute approximate surface area is 194 Å².